The van der Waals surface area contributed by atoms with Crippen molar-refractivity contribution in [2.24, 2.45) is 5.41 Å². The summed E-state index contributed by atoms with van der Waals surface area (Å²) in [5.41, 5.74) is 0.244. The molecule has 19 heavy (non-hydrogen) atoms. The average Bonchev–Trinajstić information content (AvgIpc) is 2.23. The molecular formula is C14H19BrFNO2. The molecule has 1 aromatic rings. The number of hydrogen-bond acceptors (Lipinski definition) is 2. The van der Waals surface area contributed by atoms with Gasteiger partial charge in [0.25, 0.3) is 5.91 Å². The Balaban J connectivity index is 2.56. The summed E-state index contributed by atoms with van der Waals surface area (Å²) in [6.07, 6.45) is 0.905. The van der Waals surface area contributed by atoms with Gasteiger partial charge in [-0.2, -0.15) is 0 Å². The van der Waals surface area contributed by atoms with E-state index < -0.39 is 11.7 Å². The Labute approximate surface area is 121 Å². The number of phenolic OH excluding ortho intramolecular Hbond substituents is 1. The van der Waals surface area contributed by atoms with Crippen LogP contribution in [0.15, 0.2) is 18.2 Å². The molecule has 5 heteroatoms. The van der Waals surface area contributed by atoms with Crippen LogP contribution in [0.1, 0.15) is 37.6 Å². The Morgan fingerprint density at radius 3 is 2.63 bits per heavy atom. The lowest BCUT2D eigenvalue weighted by molar-refractivity contribution is 0.0949. The summed E-state index contributed by atoms with van der Waals surface area (Å²) in [6, 6.07) is 3.35. The third-order valence-electron chi connectivity index (χ3n) is 2.52. The number of halogens is 2. The standard InChI is InChI=1S/C14H19BrFNO2/c1-14(2,3)7-9(15)8-17-13(19)11-5-4-10(16)6-12(11)18/h4-6,9,18H,7-8H2,1-3H3,(H,17,19). The Morgan fingerprint density at radius 2 is 2.11 bits per heavy atom. The van der Waals surface area contributed by atoms with Crippen LogP contribution in [0.25, 0.3) is 0 Å². The monoisotopic (exact) mass is 331 g/mol. The van der Waals surface area contributed by atoms with Crippen LogP contribution in [0.4, 0.5) is 4.39 Å². The molecule has 0 aliphatic carbocycles. The van der Waals surface area contributed by atoms with Gasteiger partial charge in [-0.15, -0.1) is 0 Å². The lowest BCUT2D eigenvalue weighted by Crippen LogP contribution is -2.31. The molecule has 0 aromatic heterocycles. The number of benzene rings is 1. The first-order valence-electron chi connectivity index (χ1n) is 6.10. The first kappa shape index (κ1) is 16.0. The van der Waals surface area contributed by atoms with Crippen molar-refractivity contribution in [2.75, 3.05) is 6.54 Å². The Hall–Kier alpha value is -1.10. The fraction of sp³-hybridized carbons (Fsp3) is 0.500. The van der Waals surface area contributed by atoms with Crippen LogP contribution in [0.2, 0.25) is 0 Å². The van der Waals surface area contributed by atoms with E-state index in [0.717, 1.165) is 18.6 Å². The van der Waals surface area contributed by atoms with Gasteiger partial charge in [-0.1, -0.05) is 36.7 Å². The van der Waals surface area contributed by atoms with Crippen molar-refractivity contribution in [1.29, 1.82) is 0 Å². The number of hydrogen-bond donors (Lipinski definition) is 2. The average molecular weight is 332 g/mol. The molecule has 3 nitrogen and oxygen atoms in total. The molecule has 0 bridgehead atoms. The van der Waals surface area contributed by atoms with Gasteiger partial charge in [-0.05, 0) is 24.0 Å². The smallest absolute Gasteiger partial charge is 0.255 e. The lowest BCUT2D eigenvalue weighted by atomic mass is 9.90. The molecule has 2 N–H and O–H groups in total. The zero-order chi connectivity index (χ0) is 14.6. The van der Waals surface area contributed by atoms with Crippen LogP contribution in [0, 0.1) is 11.2 Å². The van der Waals surface area contributed by atoms with Crippen LogP contribution in [0.3, 0.4) is 0 Å². The molecule has 0 radical (unpaired) electrons. The van der Waals surface area contributed by atoms with Gasteiger partial charge in [0.1, 0.15) is 11.6 Å². The number of carbonyl (C=O) groups excluding carboxylic acids is 1. The molecule has 1 amide bonds. The maximum Gasteiger partial charge on any atom is 0.255 e. The number of nitrogens with one attached hydrogen (secondary N) is 1. The lowest BCUT2D eigenvalue weighted by Gasteiger charge is -2.22. The highest BCUT2D eigenvalue weighted by Crippen LogP contribution is 2.24. The minimum atomic E-state index is -0.569. The number of aromatic hydroxyl groups is 1. The maximum absolute atomic E-state index is 12.8. The fourth-order valence-electron chi connectivity index (χ4n) is 1.73. The van der Waals surface area contributed by atoms with E-state index in [2.05, 4.69) is 42.0 Å². The largest absolute Gasteiger partial charge is 0.507 e. The highest BCUT2D eigenvalue weighted by atomic mass is 79.9. The molecule has 1 atom stereocenters. The number of carbonyl (C=O) groups is 1. The van der Waals surface area contributed by atoms with Crippen LogP contribution in [0.5, 0.6) is 5.75 Å². The van der Waals surface area contributed by atoms with Gasteiger partial charge in [0, 0.05) is 17.4 Å². The minimum Gasteiger partial charge on any atom is -0.507 e. The van der Waals surface area contributed by atoms with Gasteiger partial charge in [0.05, 0.1) is 5.56 Å². The number of amides is 1. The minimum absolute atomic E-state index is 0.0804. The van der Waals surface area contributed by atoms with E-state index in [1.54, 1.807) is 0 Å². The molecule has 1 aromatic carbocycles. The summed E-state index contributed by atoms with van der Waals surface area (Å²) < 4.78 is 12.8. The van der Waals surface area contributed by atoms with Crippen LogP contribution in [-0.4, -0.2) is 22.4 Å². The SMILES string of the molecule is CC(C)(C)CC(Br)CNC(=O)c1ccc(F)cc1O. The Bertz CT molecular complexity index is 457. The Morgan fingerprint density at radius 1 is 1.47 bits per heavy atom. The molecule has 0 saturated heterocycles. The molecule has 0 saturated carbocycles. The summed E-state index contributed by atoms with van der Waals surface area (Å²) >= 11 is 3.51. The third-order valence-corrected chi connectivity index (χ3v) is 3.17. The number of phenols is 1. The first-order valence-corrected chi connectivity index (χ1v) is 7.01. The third kappa shape index (κ3) is 5.59. The van der Waals surface area contributed by atoms with Crippen molar-refractivity contribution in [3.63, 3.8) is 0 Å². The van der Waals surface area contributed by atoms with Gasteiger partial charge < -0.3 is 10.4 Å². The number of alkyl halides is 1. The highest BCUT2D eigenvalue weighted by Gasteiger charge is 2.18. The van der Waals surface area contributed by atoms with Crippen molar-refractivity contribution in [1.82, 2.24) is 5.32 Å². The molecule has 0 fully saturated rings. The zero-order valence-corrected chi connectivity index (χ0v) is 12.9. The molecule has 0 heterocycles. The molecule has 106 valence electrons. The van der Waals surface area contributed by atoms with E-state index in [4.69, 9.17) is 0 Å². The predicted octanol–water partition coefficient (Wildman–Crippen LogP) is 3.46. The second-order valence-corrected chi connectivity index (χ2v) is 7.03. The second-order valence-electron chi connectivity index (χ2n) is 5.73. The van der Waals surface area contributed by atoms with Gasteiger partial charge in [-0.25, -0.2) is 4.39 Å². The van der Waals surface area contributed by atoms with Crippen LogP contribution < -0.4 is 5.32 Å². The van der Waals surface area contributed by atoms with E-state index in [1.165, 1.54) is 6.07 Å². The number of rotatable bonds is 4. The summed E-state index contributed by atoms with van der Waals surface area (Å²) in [5.74, 6) is -1.32. The highest BCUT2D eigenvalue weighted by molar-refractivity contribution is 9.09. The van der Waals surface area contributed by atoms with Crippen molar-refractivity contribution in [2.45, 2.75) is 32.0 Å². The molecule has 0 aliphatic heterocycles. The summed E-state index contributed by atoms with van der Waals surface area (Å²) in [4.78, 5) is 12.0. The molecule has 0 aliphatic rings. The van der Waals surface area contributed by atoms with E-state index in [1.807, 2.05) is 0 Å². The van der Waals surface area contributed by atoms with Crippen molar-refractivity contribution < 1.29 is 14.3 Å². The molecule has 1 rings (SSSR count). The second kappa shape index (κ2) is 6.37. The fourth-order valence-corrected chi connectivity index (χ4v) is 2.87. The van der Waals surface area contributed by atoms with Gasteiger partial charge >= 0.3 is 0 Å². The first-order chi connectivity index (χ1) is 8.69. The van der Waals surface area contributed by atoms with Crippen molar-refractivity contribution >= 4 is 21.8 Å². The van der Waals surface area contributed by atoms with Gasteiger partial charge in [0.15, 0.2) is 0 Å². The van der Waals surface area contributed by atoms with Crippen LogP contribution >= 0.6 is 15.9 Å². The topological polar surface area (TPSA) is 49.3 Å². The van der Waals surface area contributed by atoms with E-state index in [9.17, 15) is 14.3 Å². The van der Waals surface area contributed by atoms with Gasteiger partial charge in [0.2, 0.25) is 0 Å². The molecule has 1 unspecified atom stereocenters. The maximum atomic E-state index is 12.8. The van der Waals surface area contributed by atoms with E-state index in [-0.39, 0.29) is 21.6 Å². The zero-order valence-electron chi connectivity index (χ0n) is 11.3. The molecular weight excluding hydrogens is 313 g/mol. The summed E-state index contributed by atoms with van der Waals surface area (Å²) in [5, 5.41) is 12.2. The van der Waals surface area contributed by atoms with Gasteiger partial charge in [-0.3, -0.25) is 4.79 Å². The van der Waals surface area contributed by atoms with E-state index >= 15 is 0 Å². The van der Waals surface area contributed by atoms with Crippen molar-refractivity contribution in [3.05, 3.63) is 29.6 Å². The summed E-state index contributed by atoms with van der Waals surface area (Å²) in [6.45, 7) is 6.81. The quantitative estimate of drug-likeness (QED) is 0.830. The van der Waals surface area contributed by atoms with Crippen LogP contribution in [-0.2, 0) is 0 Å². The van der Waals surface area contributed by atoms with Crippen molar-refractivity contribution in [3.8, 4) is 5.75 Å². The molecule has 0 spiro atoms. The predicted molar refractivity (Wildman–Crippen MR) is 77.2 cm³/mol. The Kier molecular flexibility index (Phi) is 5.35. The normalized spacial score (nSPS) is 13.1. The summed E-state index contributed by atoms with van der Waals surface area (Å²) in [7, 11) is 0. The van der Waals surface area contributed by atoms with E-state index in [0.29, 0.717) is 6.54 Å².